The monoisotopic (exact) mass is 743 g/mol. The molecular weight excluding hydrogens is 703 g/mol. The number of fused-ring (bicyclic) bond motifs is 13. The predicted octanol–water partition coefficient (Wildman–Crippen LogP) is 15.6. The Balaban J connectivity index is 1.06. The van der Waals surface area contributed by atoms with Gasteiger partial charge in [-0.25, -0.2) is 0 Å². The van der Waals surface area contributed by atoms with E-state index in [2.05, 4.69) is 209 Å². The molecule has 2 aliphatic carbocycles. The summed E-state index contributed by atoms with van der Waals surface area (Å²) in [5.74, 6) is 0. The third kappa shape index (κ3) is 4.54. The summed E-state index contributed by atoms with van der Waals surface area (Å²) in [5.41, 5.74) is 18.0. The molecule has 0 N–H and O–H groups in total. The van der Waals surface area contributed by atoms with Gasteiger partial charge in [0.15, 0.2) is 0 Å². The zero-order valence-electron chi connectivity index (χ0n) is 33.1. The van der Waals surface area contributed by atoms with E-state index in [-0.39, 0.29) is 10.8 Å². The van der Waals surface area contributed by atoms with Crippen LogP contribution in [0.4, 0.5) is 17.1 Å². The number of rotatable bonds is 4. The summed E-state index contributed by atoms with van der Waals surface area (Å²) in [4.78, 5) is 2.46. The van der Waals surface area contributed by atoms with Gasteiger partial charge in [0.1, 0.15) is 11.2 Å². The summed E-state index contributed by atoms with van der Waals surface area (Å²) >= 11 is 0. The fourth-order valence-electron chi connectivity index (χ4n) is 10.5. The van der Waals surface area contributed by atoms with E-state index >= 15 is 0 Å². The van der Waals surface area contributed by atoms with Crippen molar-refractivity contribution in [2.45, 2.75) is 38.5 Å². The van der Waals surface area contributed by atoms with Gasteiger partial charge >= 0.3 is 0 Å². The van der Waals surface area contributed by atoms with Crippen LogP contribution in [0.1, 0.15) is 49.9 Å². The highest BCUT2D eigenvalue weighted by Gasteiger charge is 2.39. The van der Waals surface area contributed by atoms with Gasteiger partial charge in [-0.1, -0.05) is 161 Å². The molecule has 0 aliphatic heterocycles. The van der Waals surface area contributed by atoms with Crippen LogP contribution in [0.15, 0.2) is 180 Å². The van der Waals surface area contributed by atoms with E-state index in [4.69, 9.17) is 4.42 Å². The second-order valence-corrected chi connectivity index (χ2v) is 17.3. The van der Waals surface area contributed by atoms with Gasteiger partial charge in [-0.05, 0) is 109 Å². The van der Waals surface area contributed by atoms with Crippen LogP contribution in [0, 0.1) is 0 Å². The first kappa shape index (κ1) is 33.3. The van der Waals surface area contributed by atoms with Gasteiger partial charge in [0.25, 0.3) is 0 Å². The highest BCUT2D eigenvalue weighted by Crippen LogP contribution is 2.55. The fraction of sp³-hybridized carbons (Fsp3) is 0.107. The molecule has 0 amide bonds. The van der Waals surface area contributed by atoms with Crippen LogP contribution < -0.4 is 4.90 Å². The van der Waals surface area contributed by atoms with Crippen molar-refractivity contribution < 1.29 is 4.42 Å². The fourth-order valence-corrected chi connectivity index (χ4v) is 10.5. The summed E-state index contributed by atoms with van der Waals surface area (Å²) in [6.07, 6.45) is 0. The first-order valence-electron chi connectivity index (χ1n) is 20.4. The third-order valence-electron chi connectivity index (χ3n) is 13.5. The predicted molar refractivity (Wildman–Crippen MR) is 244 cm³/mol. The van der Waals surface area contributed by atoms with Crippen molar-refractivity contribution in [2.75, 3.05) is 4.90 Å². The van der Waals surface area contributed by atoms with E-state index in [9.17, 15) is 0 Å². The largest absolute Gasteiger partial charge is 0.455 e. The average molecular weight is 744 g/mol. The van der Waals surface area contributed by atoms with Gasteiger partial charge in [0.05, 0.1) is 5.69 Å². The lowest BCUT2D eigenvalue weighted by Gasteiger charge is -2.29. The Labute approximate surface area is 338 Å². The van der Waals surface area contributed by atoms with Crippen LogP contribution >= 0.6 is 0 Å². The summed E-state index contributed by atoms with van der Waals surface area (Å²) in [6, 6.07) is 65.1. The van der Waals surface area contributed by atoms with Gasteiger partial charge in [-0.15, -0.1) is 0 Å². The van der Waals surface area contributed by atoms with E-state index < -0.39 is 0 Å². The molecule has 2 nitrogen and oxygen atoms in total. The maximum absolute atomic E-state index is 6.72. The molecule has 0 spiro atoms. The Morgan fingerprint density at radius 1 is 0.397 bits per heavy atom. The van der Waals surface area contributed by atoms with Gasteiger partial charge < -0.3 is 9.32 Å². The molecule has 10 aromatic rings. The van der Waals surface area contributed by atoms with Gasteiger partial charge in [-0.2, -0.15) is 0 Å². The van der Waals surface area contributed by atoms with Crippen LogP contribution in [0.25, 0.3) is 76.9 Å². The lowest BCUT2D eigenvalue weighted by molar-refractivity contribution is 0.653. The summed E-state index contributed by atoms with van der Waals surface area (Å²) in [6.45, 7) is 9.40. The zero-order valence-corrected chi connectivity index (χ0v) is 33.1. The van der Waals surface area contributed by atoms with Crippen molar-refractivity contribution in [1.82, 2.24) is 0 Å². The van der Waals surface area contributed by atoms with Gasteiger partial charge in [-0.3, -0.25) is 0 Å². The normalized spacial score (nSPS) is 14.5. The number of para-hydroxylation sites is 1. The number of benzene rings is 9. The second kappa shape index (κ2) is 11.8. The molecule has 0 saturated carbocycles. The SMILES string of the molecule is CC1(C)c2ccccc2-c2ccc(-c3ccc(N(c4ccc5c(c4)-c4c(ccc6c4oc4ccccc46)C5(C)C)c4cc5ccccc5c5ccccc45)cc3)cc21. The Bertz CT molecular complexity index is 3340. The molecule has 2 aliphatic rings. The van der Waals surface area contributed by atoms with Gasteiger partial charge in [0, 0.05) is 43.9 Å². The lowest BCUT2D eigenvalue weighted by Crippen LogP contribution is -2.15. The minimum Gasteiger partial charge on any atom is -0.455 e. The number of furan rings is 1. The van der Waals surface area contributed by atoms with E-state index in [0.717, 1.165) is 39.0 Å². The smallest absolute Gasteiger partial charge is 0.143 e. The second-order valence-electron chi connectivity index (χ2n) is 17.3. The Morgan fingerprint density at radius 2 is 1.02 bits per heavy atom. The molecule has 0 fully saturated rings. The molecule has 0 saturated heterocycles. The highest BCUT2D eigenvalue weighted by atomic mass is 16.3. The first-order valence-corrected chi connectivity index (χ1v) is 20.4. The average Bonchev–Trinajstić information content (AvgIpc) is 3.83. The van der Waals surface area contributed by atoms with E-state index in [1.54, 1.807) is 0 Å². The highest BCUT2D eigenvalue weighted by molar-refractivity contribution is 6.15. The zero-order chi connectivity index (χ0) is 38.9. The standard InChI is InChI=1S/C56H41NO/c1-55(2)48-29-26-38(33-46(48)53-49(55)30-28-45-44-18-10-12-20-52(44)58-54(45)53)57(51-32-36-13-5-6-14-39(36)40-15-7-8-17-43(40)51)37-24-21-34(22-25-37)35-23-27-42-41-16-9-11-19-47(41)56(3,4)50(42)31-35/h5-33H,1-4H3. The van der Waals surface area contributed by atoms with E-state index in [1.165, 1.54) is 77.2 Å². The molecule has 0 bridgehead atoms. The molecule has 1 heterocycles. The molecule has 2 heteroatoms. The first-order chi connectivity index (χ1) is 28.3. The molecule has 12 rings (SSSR count). The molecule has 276 valence electrons. The van der Waals surface area contributed by atoms with E-state index in [1.807, 2.05) is 0 Å². The maximum Gasteiger partial charge on any atom is 0.143 e. The Kier molecular flexibility index (Phi) is 6.78. The van der Waals surface area contributed by atoms with E-state index in [0.29, 0.717) is 0 Å². The molecule has 58 heavy (non-hydrogen) atoms. The van der Waals surface area contributed by atoms with Crippen LogP contribution in [0.3, 0.4) is 0 Å². The van der Waals surface area contributed by atoms with Crippen LogP contribution in [0.5, 0.6) is 0 Å². The molecule has 0 unspecified atom stereocenters. The minimum absolute atomic E-state index is 0.0511. The van der Waals surface area contributed by atoms with Crippen molar-refractivity contribution in [3.8, 4) is 33.4 Å². The quantitative estimate of drug-likeness (QED) is 0.167. The van der Waals surface area contributed by atoms with Crippen molar-refractivity contribution in [1.29, 1.82) is 0 Å². The van der Waals surface area contributed by atoms with Crippen LogP contribution in [-0.2, 0) is 10.8 Å². The summed E-state index contributed by atoms with van der Waals surface area (Å²) in [7, 11) is 0. The summed E-state index contributed by atoms with van der Waals surface area (Å²) in [5, 5.41) is 7.26. The molecular formula is C56H41NO. The van der Waals surface area contributed by atoms with Crippen LogP contribution in [0.2, 0.25) is 0 Å². The maximum atomic E-state index is 6.72. The number of hydrogen-bond donors (Lipinski definition) is 0. The molecule has 0 radical (unpaired) electrons. The number of hydrogen-bond acceptors (Lipinski definition) is 2. The summed E-state index contributed by atoms with van der Waals surface area (Å²) < 4.78 is 6.72. The Morgan fingerprint density at radius 3 is 1.86 bits per heavy atom. The van der Waals surface area contributed by atoms with Crippen molar-refractivity contribution >= 4 is 60.5 Å². The van der Waals surface area contributed by atoms with Crippen molar-refractivity contribution in [2.24, 2.45) is 0 Å². The topological polar surface area (TPSA) is 16.4 Å². The molecule has 0 atom stereocenters. The minimum atomic E-state index is -0.176. The number of nitrogens with zero attached hydrogens (tertiary/aromatic N) is 1. The number of anilines is 3. The third-order valence-corrected chi connectivity index (χ3v) is 13.5. The lowest BCUT2D eigenvalue weighted by atomic mass is 9.81. The molecule has 9 aromatic carbocycles. The Hall–Kier alpha value is -6.90. The van der Waals surface area contributed by atoms with Gasteiger partial charge in [0.2, 0.25) is 0 Å². The molecule has 1 aromatic heterocycles. The van der Waals surface area contributed by atoms with Crippen molar-refractivity contribution in [3.05, 3.63) is 198 Å². The van der Waals surface area contributed by atoms with Crippen molar-refractivity contribution in [3.63, 3.8) is 0 Å². The van der Waals surface area contributed by atoms with Crippen LogP contribution in [-0.4, -0.2) is 0 Å².